The summed E-state index contributed by atoms with van der Waals surface area (Å²) < 4.78 is 40.6. The van der Waals surface area contributed by atoms with E-state index in [0.717, 1.165) is 12.1 Å². The number of benzene rings is 2. The molecule has 0 aromatic heterocycles. The van der Waals surface area contributed by atoms with Crippen LogP contribution in [0.1, 0.15) is 0 Å². The van der Waals surface area contributed by atoms with E-state index < -0.39 is 12.1 Å². The zero-order valence-corrected chi connectivity index (χ0v) is 13.0. The Morgan fingerprint density at radius 3 is 1.90 bits per heavy atom. The lowest BCUT2D eigenvalue weighted by molar-refractivity contribution is -0.274. The van der Waals surface area contributed by atoms with Crippen molar-refractivity contribution in [2.75, 3.05) is 0 Å². The van der Waals surface area contributed by atoms with E-state index in [-0.39, 0.29) is 25.7 Å². The first-order valence-electron chi connectivity index (χ1n) is 5.37. The van der Waals surface area contributed by atoms with Gasteiger partial charge in [0.15, 0.2) is 0 Å². The largest absolute Gasteiger partial charge is 0.573 e. The van der Waals surface area contributed by atoms with Crippen LogP contribution in [-0.2, 0) is 0 Å². The predicted molar refractivity (Wildman–Crippen MR) is 78.6 cm³/mol. The van der Waals surface area contributed by atoms with Crippen LogP contribution < -0.4 is 4.74 Å². The van der Waals surface area contributed by atoms with Crippen molar-refractivity contribution < 1.29 is 17.9 Å². The van der Waals surface area contributed by atoms with Crippen LogP contribution in [0.15, 0.2) is 30.3 Å². The van der Waals surface area contributed by atoms with Crippen molar-refractivity contribution in [1.82, 2.24) is 0 Å². The maximum absolute atomic E-state index is 12.3. The third-order valence-corrected chi connectivity index (χ3v) is 3.84. The molecule has 0 saturated carbocycles. The standard InChI is InChI=1S/C13H5Cl4F3O/c14-9-2-1-6(21-13(18,19)20)3-7(9)8-4-11(16)12(17)5-10(8)15/h1-5H. The van der Waals surface area contributed by atoms with Crippen LogP contribution in [0, 0.1) is 0 Å². The van der Waals surface area contributed by atoms with E-state index in [1.807, 2.05) is 0 Å². The summed E-state index contributed by atoms with van der Waals surface area (Å²) in [4.78, 5) is 0. The molecule has 0 atom stereocenters. The molecule has 0 amide bonds. The van der Waals surface area contributed by atoms with Gasteiger partial charge in [-0.15, -0.1) is 13.2 Å². The molecule has 0 saturated heterocycles. The highest BCUT2D eigenvalue weighted by Crippen LogP contribution is 2.40. The molecular weight excluding hydrogens is 371 g/mol. The van der Waals surface area contributed by atoms with Crippen LogP contribution in [0.4, 0.5) is 13.2 Å². The van der Waals surface area contributed by atoms with Gasteiger partial charge in [-0.3, -0.25) is 0 Å². The highest BCUT2D eigenvalue weighted by atomic mass is 35.5. The third kappa shape index (κ3) is 4.10. The van der Waals surface area contributed by atoms with Crippen molar-refractivity contribution in [3.05, 3.63) is 50.4 Å². The smallest absolute Gasteiger partial charge is 0.406 e. The SMILES string of the molecule is FC(F)(F)Oc1ccc(Cl)c(-c2cc(Cl)c(Cl)cc2Cl)c1. The zero-order valence-electron chi connectivity index (χ0n) is 9.94. The Labute approximate surface area is 138 Å². The summed E-state index contributed by atoms with van der Waals surface area (Å²) in [6, 6.07) is 6.31. The monoisotopic (exact) mass is 374 g/mol. The molecule has 8 heteroatoms. The topological polar surface area (TPSA) is 9.23 Å². The number of alkyl halides is 3. The van der Waals surface area contributed by atoms with Gasteiger partial charge in [0.25, 0.3) is 0 Å². The van der Waals surface area contributed by atoms with Gasteiger partial charge in [-0.1, -0.05) is 46.4 Å². The second kappa shape index (κ2) is 6.13. The third-order valence-electron chi connectivity index (χ3n) is 2.47. The summed E-state index contributed by atoms with van der Waals surface area (Å²) in [5.74, 6) is -0.413. The molecular formula is C13H5Cl4F3O. The normalized spacial score (nSPS) is 11.6. The Morgan fingerprint density at radius 1 is 0.714 bits per heavy atom. The van der Waals surface area contributed by atoms with E-state index in [2.05, 4.69) is 4.74 Å². The maximum atomic E-state index is 12.3. The minimum Gasteiger partial charge on any atom is -0.406 e. The van der Waals surface area contributed by atoms with E-state index >= 15 is 0 Å². The van der Waals surface area contributed by atoms with Crippen molar-refractivity contribution in [3.8, 4) is 16.9 Å². The number of halogens is 7. The Hall–Kier alpha value is -0.810. The molecule has 0 spiro atoms. The number of hydrogen-bond donors (Lipinski definition) is 0. The molecule has 0 aliphatic rings. The maximum Gasteiger partial charge on any atom is 0.573 e. The molecule has 2 aromatic rings. The van der Waals surface area contributed by atoms with Gasteiger partial charge in [0, 0.05) is 16.1 Å². The molecule has 112 valence electrons. The number of hydrogen-bond acceptors (Lipinski definition) is 1. The van der Waals surface area contributed by atoms with Gasteiger partial charge in [0.1, 0.15) is 5.75 Å². The molecule has 1 nitrogen and oxygen atoms in total. The average Bonchev–Trinajstić information content (AvgIpc) is 2.35. The molecule has 0 aliphatic heterocycles. The highest BCUT2D eigenvalue weighted by Gasteiger charge is 2.31. The minimum absolute atomic E-state index is 0.199. The molecule has 2 rings (SSSR count). The van der Waals surface area contributed by atoms with Crippen molar-refractivity contribution >= 4 is 46.4 Å². The van der Waals surface area contributed by atoms with Gasteiger partial charge in [-0.05, 0) is 30.3 Å². The van der Waals surface area contributed by atoms with Gasteiger partial charge in [-0.2, -0.15) is 0 Å². The lowest BCUT2D eigenvalue weighted by Crippen LogP contribution is -2.17. The highest BCUT2D eigenvalue weighted by molar-refractivity contribution is 6.44. The van der Waals surface area contributed by atoms with Gasteiger partial charge < -0.3 is 4.74 Å². The first-order valence-corrected chi connectivity index (χ1v) is 6.89. The Morgan fingerprint density at radius 2 is 1.29 bits per heavy atom. The van der Waals surface area contributed by atoms with E-state index in [9.17, 15) is 13.2 Å². The van der Waals surface area contributed by atoms with Gasteiger partial charge in [-0.25, -0.2) is 0 Å². The van der Waals surface area contributed by atoms with Crippen LogP contribution in [0.25, 0.3) is 11.1 Å². The fourth-order valence-corrected chi connectivity index (χ4v) is 2.50. The van der Waals surface area contributed by atoms with Crippen LogP contribution in [0.3, 0.4) is 0 Å². The molecule has 0 radical (unpaired) electrons. The molecule has 0 unspecified atom stereocenters. The predicted octanol–water partition coefficient (Wildman–Crippen LogP) is 6.87. The molecule has 0 N–H and O–H groups in total. The van der Waals surface area contributed by atoms with Crippen LogP contribution in [0.5, 0.6) is 5.75 Å². The lowest BCUT2D eigenvalue weighted by atomic mass is 10.1. The zero-order chi connectivity index (χ0) is 15.8. The molecule has 0 bridgehead atoms. The summed E-state index contributed by atoms with van der Waals surface area (Å²) in [5.41, 5.74) is 0.602. The summed E-state index contributed by atoms with van der Waals surface area (Å²) in [7, 11) is 0. The lowest BCUT2D eigenvalue weighted by Gasteiger charge is -2.13. The molecule has 0 fully saturated rings. The number of rotatable bonds is 2. The van der Waals surface area contributed by atoms with Crippen LogP contribution in [-0.4, -0.2) is 6.36 Å². The Bertz CT molecular complexity index is 686. The first kappa shape index (κ1) is 16.6. The van der Waals surface area contributed by atoms with E-state index in [1.165, 1.54) is 18.2 Å². The van der Waals surface area contributed by atoms with Gasteiger partial charge >= 0.3 is 6.36 Å². The quantitative estimate of drug-likeness (QED) is 0.520. The fourth-order valence-electron chi connectivity index (χ4n) is 1.64. The fraction of sp³-hybridized carbons (Fsp3) is 0.0769. The van der Waals surface area contributed by atoms with Crippen molar-refractivity contribution in [1.29, 1.82) is 0 Å². The summed E-state index contributed by atoms with van der Waals surface area (Å²) in [6.45, 7) is 0. The summed E-state index contributed by atoms with van der Waals surface area (Å²) in [5, 5.41) is 0.832. The second-order valence-corrected chi connectivity index (χ2v) is 5.56. The molecule has 0 heterocycles. The first-order chi connectivity index (χ1) is 9.67. The summed E-state index contributed by atoms with van der Waals surface area (Å²) >= 11 is 23.7. The van der Waals surface area contributed by atoms with Crippen LogP contribution in [0.2, 0.25) is 20.1 Å². The van der Waals surface area contributed by atoms with E-state index in [4.69, 9.17) is 46.4 Å². The molecule has 0 aliphatic carbocycles. The van der Waals surface area contributed by atoms with Gasteiger partial charge in [0.05, 0.1) is 15.1 Å². The Balaban J connectivity index is 2.53. The Kier molecular flexibility index (Phi) is 4.83. The second-order valence-electron chi connectivity index (χ2n) is 3.94. The molecule has 21 heavy (non-hydrogen) atoms. The van der Waals surface area contributed by atoms with Crippen molar-refractivity contribution in [2.45, 2.75) is 6.36 Å². The number of ether oxygens (including phenoxy) is 1. The van der Waals surface area contributed by atoms with Crippen molar-refractivity contribution in [3.63, 3.8) is 0 Å². The van der Waals surface area contributed by atoms with Gasteiger partial charge in [0.2, 0.25) is 0 Å². The minimum atomic E-state index is -4.80. The molecule has 2 aromatic carbocycles. The van der Waals surface area contributed by atoms with E-state index in [0.29, 0.717) is 5.56 Å². The van der Waals surface area contributed by atoms with Crippen LogP contribution >= 0.6 is 46.4 Å². The summed E-state index contributed by atoms with van der Waals surface area (Å²) in [6.07, 6.45) is -4.80. The van der Waals surface area contributed by atoms with Crippen molar-refractivity contribution in [2.24, 2.45) is 0 Å². The van der Waals surface area contributed by atoms with E-state index in [1.54, 1.807) is 0 Å². The average molecular weight is 376 g/mol.